The number of hydrogen-bond donors (Lipinski definition) is 3. The predicted octanol–water partition coefficient (Wildman–Crippen LogP) is 4.17. The molecule has 0 aliphatic heterocycles. The summed E-state index contributed by atoms with van der Waals surface area (Å²) >= 11 is 6.38. The van der Waals surface area contributed by atoms with E-state index in [2.05, 4.69) is 15.3 Å². The normalized spacial score (nSPS) is 14.0. The number of nitrogen functional groups attached to an aromatic ring is 2. The first-order chi connectivity index (χ1) is 16.4. The molecule has 5 N–H and O–H groups in total. The number of hydrogen-bond acceptors (Lipinski definition) is 7. The van der Waals surface area contributed by atoms with Gasteiger partial charge in [0.15, 0.2) is 5.82 Å². The van der Waals surface area contributed by atoms with Gasteiger partial charge in [0, 0.05) is 5.69 Å². The summed E-state index contributed by atoms with van der Waals surface area (Å²) in [6.07, 6.45) is 1.78. The summed E-state index contributed by atoms with van der Waals surface area (Å²) in [7, 11) is 0. The molecule has 1 atom stereocenters. The summed E-state index contributed by atoms with van der Waals surface area (Å²) in [6.45, 7) is 0. The molecule has 0 amide bonds. The fourth-order valence-corrected chi connectivity index (χ4v) is 4.43. The fourth-order valence-electron chi connectivity index (χ4n) is 4.17. The first-order valence-electron chi connectivity index (χ1n) is 10.6. The van der Waals surface area contributed by atoms with Crippen LogP contribution in [0.4, 0.5) is 22.0 Å². The van der Waals surface area contributed by atoms with Crippen LogP contribution in [0.3, 0.4) is 0 Å². The van der Waals surface area contributed by atoms with Crippen molar-refractivity contribution in [2.24, 2.45) is 5.92 Å². The summed E-state index contributed by atoms with van der Waals surface area (Å²) in [6, 6.07) is 14.4. The van der Waals surface area contributed by atoms with Gasteiger partial charge in [-0.25, -0.2) is 4.39 Å². The van der Waals surface area contributed by atoms with Crippen molar-refractivity contribution in [3.8, 4) is 11.8 Å². The minimum Gasteiger partial charge on any atom is -0.382 e. The number of halogens is 2. The molecule has 4 aromatic rings. The quantitative estimate of drug-likeness (QED) is 0.394. The van der Waals surface area contributed by atoms with Crippen molar-refractivity contribution < 1.29 is 4.39 Å². The maximum atomic E-state index is 14.2. The molecular weight excluding hydrogens is 457 g/mol. The summed E-state index contributed by atoms with van der Waals surface area (Å²) in [5, 5.41) is 14.2. The number of fused-ring (bicyclic) bond motifs is 1. The molecule has 2 aromatic carbocycles. The van der Waals surface area contributed by atoms with Crippen molar-refractivity contribution in [3.05, 3.63) is 81.0 Å². The van der Waals surface area contributed by atoms with Gasteiger partial charge >= 0.3 is 0 Å². The third kappa shape index (κ3) is 3.78. The van der Waals surface area contributed by atoms with Crippen LogP contribution in [0, 0.1) is 23.1 Å². The molecule has 1 saturated carbocycles. The zero-order valence-electron chi connectivity index (χ0n) is 17.8. The summed E-state index contributed by atoms with van der Waals surface area (Å²) in [5.74, 6) is -0.288. The van der Waals surface area contributed by atoms with Crippen LogP contribution in [0.2, 0.25) is 5.02 Å². The monoisotopic (exact) mass is 475 g/mol. The van der Waals surface area contributed by atoms with Gasteiger partial charge in [0.05, 0.1) is 22.1 Å². The van der Waals surface area contributed by atoms with Gasteiger partial charge in [-0.1, -0.05) is 29.8 Å². The van der Waals surface area contributed by atoms with E-state index < -0.39 is 11.9 Å². The number of pyridine rings is 1. The van der Waals surface area contributed by atoms with Crippen molar-refractivity contribution in [2.45, 2.75) is 18.9 Å². The SMILES string of the molecule is N#Cc1c(N)nc(N)nc1N[C@H](c1cc2cccc(Cl)c2c(=O)n1-c1cccc(F)c1)C1CC1. The van der Waals surface area contributed by atoms with E-state index in [1.807, 2.05) is 12.1 Å². The first kappa shape index (κ1) is 21.7. The van der Waals surface area contributed by atoms with Crippen molar-refractivity contribution in [3.63, 3.8) is 0 Å². The smallest absolute Gasteiger partial charge is 0.264 e. The highest BCUT2D eigenvalue weighted by Gasteiger charge is 2.36. The molecular formula is C24H19ClFN7O. The van der Waals surface area contributed by atoms with Gasteiger partial charge in [0.1, 0.15) is 23.3 Å². The van der Waals surface area contributed by atoms with Crippen LogP contribution in [-0.2, 0) is 0 Å². The molecule has 0 bridgehead atoms. The molecule has 2 heterocycles. The molecule has 8 nitrogen and oxygen atoms in total. The molecule has 1 aliphatic carbocycles. The van der Waals surface area contributed by atoms with Crippen LogP contribution in [0.15, 0.2) is 53.3 Å². The number of nitriles is 1. The second-order valence-corrected chi connectivity index (χ2v) is 8.56. The number of nitrogens with one attached hydrogen (secondary N) is 1. The van der Waals surface area contributed by atoms with Crippen molar-refractivity contribution >= 4 is 40.0 Å². The number of nitrogens with two attached hydrogens (primary N) is 2. The lowest BCUT2D eigenvalue weighted by molar-refractivity contribution is 0.618. The van der Waals surface area contributed by atoms with E-state index in [9.17, 15) is 14.4 Å². The van der Waals surface area contributed by atoms with E-state index in [4.69, 9.17) is 23.1 Å². The van der Waals surface area contributed by atoms with Crippen LogP contribution in [0.25, 0.3) is 16.5 Å². The van der Waals surface area contributed by atoms with E-state index in [0.717, 1.165) is 12.8 Å². The largest absolute Gasteiger partial charge is 0.382 e. The Morgan fingerprint density at radius 2 is 1.94 bits per heavy atom. The Hall–Kier alpha value is -4.16. The van der Waals surface area contributed by atoms with Crippen LogP contribution < -0.4 is 22.3 Å². The standard InChI is InChI=1S/C24H19ClFN7O/c25-17-6-1-3-13-9-18(33(23(34)19(13)17)15-5-2-4-14(26)10-15)20(12-7-8-12)30-22-16(11-27)21(28)31-24(29)32-22/h1-6,9-10,12,20H,7-8H2,(H5,28,29,30,31,32)/t20-/m0/s1. The van der Waals surface area contributed by atoms with Crippen LogP contribution in [0.1, 0.15) is 30.1 Å². The number of nitrogens with zero attached hydrogens (tertiary/aromatic N) is 4. The molecule has 5 rings (SSSR count). The molecule has 170 valence electrons. The lowest BCUT2D eigenvalue weighted by Gasteiger charge is -2.25. The number of anilines is 3. The van der Waals surface area contributed by atoms with Gasteiger partial charge in [0.2, 0.25) is 5.95 Å². The van der Waals surface area contributed by atoms with Gasteiger partial charge < -0.3 is 16.8 Å². The second kappa shape index (κ2) is 8.32. The topological polar surface area (TPSA) is 136 Å². The van der Waals surface area contributed by atoms with Crippen LogP contribution >= 0.6 is 11.6 Å². The average molecular weight is 476 g/mol. The van der Waals surface area contributed by atoms with Crippen molar-refractivity contribution in [2.75, 3.05) is 16.8 Å². The minimum absolute atomic E-state index is 0.0418. The molecule has 0 radical (unpaired) electrons. The molecule has 0 unspecified atom stereocenters. The van der Waals surface area contributed by atoms with Gasteiger partial charge in [0.25, 0.3) is 5.56 Å². The molecule has 34 heavy (non-hydrogen) atoms. The zero-order valence-corrected chi connectivity index (χ0v) is 18.6. The predicted molar refractivity (Wildman–Crippen MR) is 129 cm³/mol. The maximum absolute atomic E-state index is 14.2. The van der Waals surface area contributed by atoms with Crippen molar-refractivity contribution in [1.29, 1.82) is 5.26 Å². The molecule has 1 aliphatic rings. The van der Waals surface area contributed by atoms with E-state index >= 15 is 0 Å². The molecule has 10 heteroatoms. The number of rotatable bonds is 5. The number of aromatic nitrogens is 3. The second-order valence-electron chi connectivity index (χ2n) is 8.16. The minimum atomic E-state index is -0.478. The highest BCUT2D eigenvalue weighted by Crippen LogP contribution is 2.44. The molecule has 0 saturated heterocycles. The fraction of sp³-hybridized carbons (Fsp3) is 0.167. The third-order valence-electron chi connectivity index (χ3n) is 5.86. The Morgan fingerprint density at radius 1 is 1.18 bits per heavy atom. The molecule has 2 aromatic heterocycles. The Bertz CT molecular complexity index is 1540. The Morgan fingerprint density at radius 3 is 2.65 bits per heavy atom. The van der Waals surface area contributed by atoms with Gasteiger partial charge in [-0.15, -0.1) is 0 Å². The van der Waals surface area contributed by atoms with Gasteiger partial charge in [-0.2, -0.15) is 15.2 Å². The van der Waals surface area contributed by atoms with E-state index in [0.29, 0.717) is 27.2 Å². The summed E-state index contributed by atoms with van der Waals surface area (Å²) in [5.41, 5.74) is 12.3. The molecule has 1 fully saturated rings. The van der Waals surface area contributed by atoms with Crippen LogP contribution in [0.5, 0.6) is 0 Å². The number of benzene rings is 2. The summed E-state index contributed by atoms with van der Waals surface area (Å²) < 4.78 is 15.6. The van der Waals surface area contributed by atoms with E-state index in [-0.39, 0.29) is 34.6 Å². The lowest BCUT2D eigenvalue weighted by atomic mass is 10.0. The van der Waals surface area contributed by atoms with Gasteiger partial charge in [-0.3, -0.25) is 9.36 Å². The Kier molecular flexibility index (Phi) is 5.30. The Labute approximate surface area is 198 Å². The summed E-state index contributed by atoms with van der Waals surface area (Å²) in [4.78, 5) is 21.8. The average Bonchev–Trinajstić information content (AvgIpc) is 3.62. The highest BCUT2D eigenvalue weighted by atomic mass is 35.5. The van der Waals surface area contributed by atoms with Crippen molar-refractivity contribution in [1.82, 2.24) is 14.5 Å². The third-order valence-corrected chi connectivity index (χ3v) is 6.18. The van der Waals surface area contributed by atoms with E-state index in [1.54, 1.807) is 24.3 Å². The van der Waals surface area contributed by atoms with E-state index in [1.165, 1.54) is 22.8 Å². The first-order valence-corrected chi connectivity index (χ1v) is 10.9. The van der Waals surface area contributed by atoms with Crippen LogP contribution in [-0.4, -0.2) is 14.5 Å². The zero-order chi connectivity index (χ0) is 24.0. The molecule has 0 spiro atoms. The Balaban J connectivity index is 1.77. The highest BCUT2D eigenvalue weighted by molar-refractivity contribution is 6.35. The van der Waals surface area contributed by atoms with Gasteiger partial charge in [-0.05, 0) is 54.5 Å². The lowest BCUT2D eigenvalue weighted by Crippen LogP contribution is -2.28. The maximum Gasteiger partial charge on any atom is 0.264 e.